The lowest BCUT2D eigenvalue weighted by atomic mass is 9.99. The van der Waals surface area contributed by atoms with Gasteiger partial charge in [-0.15, -0.1) is 0 Å². The average Bonchev–Trinajstić information content (AvgIpc) is 3.52. The van der Waals surface area contributed by atoms with Crippen molar-refractivity contribution in [2.75, 3.05) is 31.4 Å². The molecule has 0 bridgehead atoms. The van der Waals surface area contributed by atoms with E-state index in [1.807, 2.05) is 12.1 Å². The second-order valence-electron chi connectivity index (χ2n) is 9.87. The van der Waals surface area contributed by atoms with Crippen molar-refractivity contribution < 1.29 is 39.1 Å². The van der Waals surface area contributed by atoms with Crippen molar-refractivity contribution in [1.29, 1.82) is 0 Å². The van der Waals surface area contributed by atoms with Crippen molar-refractivity contribution in [2.24, 2.45) is 0 Å². The van der Waals surface area contributed by atoms with Crippen LogP contribution in [0.25, 0.3) is 0 Å². The van der Waals surface area contributed by atoms with Gasteiger partial charge in [-0.2, -0.15) is 0 Å². The second kappa shape index (κ2) is 11.3. The molecule has 10 nitrogen and oxygen atoms in total. The van der Waals surface area contributed by atoms with Crippen LogP contribution >= 0.6 is 0 Å². The molecule has 3 heterocycles. The first-order valence-corrected chi connectivity index (χ1v) is 12.9. The summed E-state index contributed by atoms with van der Waals surface area (Å²) < 4.78 is 17.0. The Bertz CT molecular complexity index is 1170. The molecule has 4 aliphatic rings. The van der Waals surface area contributed by atoms with E-state index in [-0.39, 0.29) is 0 Å². The van der Waals surface area contributed by atoms with Gasteiger partial charge in [0.15, 0.2) is 11.5 Å². The summed E-state index contributed by atoms with van der Waals surface area (Å²) >= 11 is 0. The van der Waals surface area contributed by atoms with E-state index in [1.165, 1.54) is 11.1 Å². The monoisotopic (exact) mass is 524 g/mol. The number of hydrogen-bond acceptors (Lipinski definition) is 8. The van der Waals surface area contributed by atoms with Gasteiger partial charge in [0, 0.05) is 49.3 Å². The topological polar surface area (TPSA) is 138 Å². The number of nitrogens with zero attached hydrogens (tertiary/aromatic N) is 1. The number of ether oxygens (including phenoxy) is 3. The van der Waals surface area contributed by atoms with Crippen molar-refractivity contribution in [3.05, 3.63) is 59.2 Å². The van der Waals surface area contributed by atoms with Crippen LogP contribution in [-0.2, 0) is 22.4 Å². The molecule has 202 valence electrons. The number of anilines is 1. The van der Waals surface area contributed by atoms with Crippen molar-refractivity contribution in [1.82, 2.24) is 5.32 Å². The number of hydrogen-bond donors (Lipinski definition) is 4. The summed E-state index contributed by atoms with van der Waals surface area (Å²) in [5, 5.41) is 29.8. The van der Waals surface area contributed by atoms with Gasteiger partial charge < -0.3 is 39.7 Å². The van der Waals surface area contributed by atoms with Crippen LogP contribution < -0.4 is 24.4 Å². The van der Waals surface area contributed by atoms with E-state index < -0.39 is 18.0 Å². The second-order valence-corrected chi connectivity index (χ2v) is 9.87. The molecule has 1 fully saturated rings. The standard InChI is InChI=1S/C24H28N2O4.C4H4O4/c27-21-6-9-28-24-19(21)2-1-3-20(24)26-7-4-17(5-8-26)25-18-10-15-12-22-23(30-14-29-22)13-16(15)11-18;5-3(6)1-2-4(7)8/h1-3,12-13,17-18,21,25,27H,4-11,14H2;1-2H,(H,5,6)(H,7,8). The Kier molecular flexibility index (Phi) is 7.71. The third-order valence-electron chi connectivity index (χ3n) is 7.32. The number of nitrogens with one attached hydrogen (secondary N) is 1. The molecule has 3 aliphatic heterocycles. The predicted molar refractivity (Wildman–Crippen MR) is 138 cm³/mol. The van der Waals surface area contributed by atoms with E-state index in [2.05, 4.69) is 28.4 Å². The van der Waals surface area contributed by atoms with Gasteiger partial charge in [0.1, 0.15) is 5.75 Å². The van der Waals surface area contributed by atoms with Gasteiger partial charge in [0.25, 0.3) is 0 Å². The van der Waals surface area contributed by atoms with E-state index in [9.17, 15) is 14.7 Å². The van der Waals surface area contributed by atoms with Crippen LogP contribution in [0, 0.1) is 0 Å². The fraction of sp³-hybridized carbons (Fsp3) is 0.429. The van der Waals surface area contributed by atoms with Gasteiger partial charge in [-0.25, -0.2) is 9.59 Å². The van der Waals surface area contributed by atoms with Gasteiger partial charge in [-0.05, 0) is 55.0 Å². The summed E-state index contributed by atoms with van der Waals surface area (Å²) in [6, 6.07) is 11.5. The van der Waals surface area contributed by atoms with E-state index in [0.717, 1.165) is 67.3 Å². The molecule has 10 heteroatoms. The zero-order valence-corrected chi connectivity index (χ0v) is 21.0. The number of aliphatic hydroxyl groups is 1. The minimum absolute atomic E-state index is 0.340. The summed E-state index contributed by atoms with van der Waals surface area (Å²) in [4.78, 5) is 21.5. The number of aliphatic hydroxyl groups excluding tert-OH is 1. The van der Waals surface area contributed by atoms with E-state index in [1.54, 1.807) is 0 Å². The molecule has 1 saturated heterocycles. The summed E-state index contributed by atoms with van der Waals surface area (Å²) in [6.45, 7) is 2.94. The number of carbonyl (C=O) groups is 2. The number of rotatable bonds is 5. The first-order valence-electron chi connectivity index (χ1n) is 12.9. The molecule has 1 atom stereocenters. The van der Waals surface area contributed by atoms with Crippen LogP contribution in [0.15, 0.2) is 42.5 Å². The first kappa shape index (κ1) is 25.9. The maximum Gasteiger partial charge on any atom is 0.328 e. The highest BCUT2D eigenvalue weighted by Gasteiger charge is 2.30. The average molecular weight is 525 g/mol. The molecule has 6 rings (SSSR count). The van der Waals surface area contributed by atoms with Crippen LogP contribution in [0.1, 0.15) is 42.1 Å². The predicted octanol–water partition coefficient (Wildman–Crippen LogP) is 2.67. The lowest BCUT2D eigenvalue weighted by Crippen LogP contribution is -2.46. The molecule has 0 amide bonds. The molecule has 1 unspecified atom stereocenters. The molecule has 0 saturated carbocycles. The van der Waals surface area contributed by atoms with Crippen molar-refractivity contribution in [3.63, 3.8) is 0 Å². The summed E-state index contributed by atoms with van der Waals surface area (Å²) in [7, 11) is 0. The van der Waals surface area contributed by atoms with Crippen molar-refractivity contribution in [3.8, 4) is 17.2 Å². The highest BCUT2D eigenvalue weighted by Crippen LogP contribution is 2.41. The minimum Gasteiger partial charge on any atom is -0.491 e. The molecule has 0 aromatic heterocycles. The normalized spacial score (nSPS) is 20.3. The van der Waals surface area contributed by atoms with E-state index in [0.29, 0.717) is 44.1 Å². The molecule has 38 heavy (non-hydrogen) atoms. The third kappa shape index (κ3) is 5.87. The smallest absolute Gasteiger partial charge is 0.328 e. The zero-order chi connectivity index (χ0) is 26.6. The maximum atomic E-state index is 10.3. The molecule has 1 aliphatic carbocycles. The quantitative estimate of drug-likeness (QED) is 0.432. The van der Waals surface area contributed by atoms with Gasteiger partial charge in [-0.3, -0.25) is 0 Å². The van der Waals surface area contributed by atoms with Gasteiger partial charge in [0.2, 0.25) is 6.79 Å². The number of piperidine rings is 1. The Morgan fingerprint density at radius 2 is 1.53 bits per heavy atom. The number of benzene rings is 2. The van der Waals surface area contributed by atoms with Crippen molar-refractivity contribution in [2.45, 2.75) is 50.3 Å². The fourth-order valence-electron chi connectivity index (χ4n) is 5.53. The number of fused-ring (bicyclic) bond motifs is 3. The highest BCUT2D eigenvalue weighted by molar-refractivity contribution is 5.89. The molecular weight excluding hydrogens is 492 g/mol. The SMILES string of the molecule is O=C(O)C=CC(=O)O.OC1CCOc2c1cccc2N1CCC(NC2Cc3cc4c(cc3C2)OCO4)CC1. The zero-order valence-electron chi connectivity index (χ0n) is 21.0. The Balaban J connectivity index is 0.000000323. The Morgan fingerprint density at radius 3 is 2.13 bits per heavy atom. The van der Waals surface area contributed by atoms with E-state index in [4.69, 9.17) is 24.4 Å². The summed E-state index contributed by atoms with van der Waals surface area (Å²) in [5.41, 5.74) is 4.84. The molecular formula is C28H32N2O8. The summed E-state index contributed by atoms with van der Waals surface area (Å²) in [6.07, 6.45) is 5.73. The van der Waals surface area contributed by atoms with Crippen LogP contribution in [0.2, 0.25) is 0 Å². The Hall–Kier alpha value is -3.76. The lowest BCUT2D eigenvalue weighted by Gasteiger charge is -2.37. The largest absolute Gasteiger partial charge is 0.491 e. The first-order chi connectivity index (χ1) is 18.4. The number of carboxylic acids is 2. The number of aliphatic carboxylic acids is 2. The van der Waals surface area contributed by atoms with Crippen LogP contribution in [0.3, 0.4) is 0 Å². The van der Waals surface area contributed by atoms with Gasteiger partial charge >= 0.3 is 11.9 Å². The van der Waals surface area contributed by atoms with Crippen LogP contribution in [0.5, 0.6) is 17.2 Å². The van der Waals surface area contributed by atoms with Crippen molar-refractivity contribution >= 4 is 17.6 Å². The van der Waals surface area contributed by atoms with E-state index >= 15 is 0 Å². The maximum absolute atomic E-state index is 10.3. The number of para-hydroxylation sites is 1. The summed E-state index contributed by atoms with van der Waals surface area (Å²) in [5.74, 6) is 0.147. The van der Waals surface area contributed by atoms with Crippen LogP contribution in [-0.4, -0.2) is 65.8 Å². The number of carboxylic acid groups (broad SMARTS) is 2. The Morgan fingerprint density at radius 1 is 0.895 bits per heavy atom. The molecule has 0 spiro atoms. The van der Waals surface area contributed by atoms with Gasteiger partial charge in [-0.1, -0.05) is 12.1 Å². The van der Waals surface area contributed by atoms with Gasteiger partial charge in [0.05, 0.1) is 18.4 Å². The third-order valence-corrected chi connectivity index (χ3v) is 7.32. The Labute approximate surface area is 220 Å². The lowest BCUT2D eigenvalue weighted by molar-refractivity contribution is -0.134. The fourth-order valence-corrected chi connectivity index (χ4v) is 5.53. The molecule has 4 N–H and O–H groups in total. The molecule has 0 radical (unpaired) electrons. The molecule has 2 aromatic rings. The molecule has 2 aromatic carbocycles. The minimum atomic E-state index is -1.26. The van der Waals surface area contributed by atoms with Crippen LogP contribution in [0.4, 0.5) is 5.69 Å². The highest BCUT2D eigenvalue weighted by atomic mass is 16.7.